The van der Waals surface area contributed by atoms with Gasteiger partial charge in [-0.2, -0.15) is 18.4 Å². The van der Waals surface area contributed by atoms with Gasteiger partial charge in [-0.1, -0.05) is 0 Å². The lowest BCUT2D eigenvalue weighted by Gasteiger charge is -2.31. The monoisotopic (exact) mass is 503 g/mol. The number of halogens is 5. The standard InChI is InChI=1S/C23H18F5N7O/c24-20(25)10-31-22(36)18-4-2-14(9-30-18)34-21-16-5-6-35(11-19(16)32-12-33-21)15-3-1-13(8-29)17(7-15)23(26,27)28/h1-4,7,9,12,20H,5-6,10-11H2,(H,31,36)(H,32,33,34). The average molecular weight is 503 g/mol. The molecule has 186 valence electrons. The van der Waals surface area contributed by atoms with Crippen LogP contribution in [-0.4, -0.2) is 40.4 Å². The second-order valence-electron chi connectivity index (χ2n) is 7.82. The van der Waals surface area contributed by atoms with Crippen molar-refractivity contribution in [2.24, 2.45) is 0 Å². The molecule has 0 aliphatic carbocycles. The maximum absolute atomic E-state index is 13.4. The van der Waals surface area contributed by atoms with Crippen LogP contribution in [0.15, 0.2) is 42.9 Å². The third-order valence-corrected chi connectivity index (χ3v) is 5.48. The van der Waals surface area contributed by atoms with Crippen LogP contribution < -0.4 is 15.5 Å². The quantitative estimate of drug-likeness (QED) is 0.489. The molecule has 0 spiro atoms. The molecule has 2 aromatic heterocycles. The molecule has 13 heteroatoms. The molecule has 3 aromatic rings. The van der Waals surface area contributed by atoms with E-state index in [2.05, 4.69) is 25.6 Å². The highest BCUT2D eigenvalue weighted by Gasteiger charge is 2.34. The minimum Gasteiger partial charge on any atom is -0.365 e. The van der Waals surface area contributed by atoms with Crippen LogP contribution in [0.1, 0.15) is 32.9 Å². The number of carbonyl (C=O) groups is 1. The Morgan fingerprint density at radius 1 is 1.17 bits per heavy atom. The van der Waals surface area contributed by atoms with Gasteiger partial charge in [0.1, 0.15) is 17.8 Å². The average Bonchev–Trinajstić information content (AvgIpc) is 2.86. The third kappa shape index (κ3) is 5.48. The lowest BCUT2D eigenvalue weighted by atomic mass is 10.0. The summed E-state index contributed by atoms with van der Waals surface area (Å²) in [5, 5.41) is 14.2. The number of alkyl halides is 5. The van der Waals surface area contributed by atoms with Crippen LogP contribution >= 0.6 is 0 Å². The highest BCUT2D eigenvalue weighted by molar-refractivity contribution is 5.92. The molecule has 0 saturated heterocycles. The SMILES string of the molecule is N#Cc1ccc(N2CCc3c(ncnc3Nc3ccc(C(=O)NCC(F)F)nc3)C2)cc1C(F)(F)F. The van der Waals surface area contributed by atoms with Crippen LogP contribution in [0, 0.1) is 11.3 Å². The minimum atomic E-state index is -4.65. The number of hydrogen-bond acceptors (Lipinski definition) is 7. The Hall–Kier alpha value is -4.34. The molecule has 3 heterocycles. The number of nitrogens with one attached hydrogen (secondary N) is 2. The number of rotatable bonds is 6. The van der Waals surface area contributed by atoms with Gasteiger partial charge in [-0.05, 0) is 36.8 Å². The first-order valence-electron chi connectivity index (χ1n) is 10.6. The summed E-state index contributed by atoms with van der Waals surface area (Å²) in [6.07, 6.45) is -4.21. The third-order valence-electron chi connectivity index (χ3n) is 5.48. The second kappa shape index (κ2) is 10.1. The number of amides is 1. The lowest BCUT2D eigenvalue weighted by molar-refractivity contribution is -0.137. The summed E-state index contributed by atoms with van der Waals surface area (Å²) >= 11 is 0. The van der Waals surface area contributed by atoms with Crippen molar-refractivity contribution in [3.8, 4) is 6.07 Å². The summed E-state index contributed by atoms with van der Waals surface area (Å²) in [4.78, 5) is 26.1. The van der Waals surface area contributed by atoms with Crippen LogP contribution in [0.25, 0.3) is 0 Å². The zero-order valence-electron chi connectivity index (χ0n) is 18.5. The fourth-order valence-electron chi connectivity index (χ4n) is 3.74. The Morgan fingerprint density at radius 3 is 2.64 bits per heavy atom. The number of nitrogens with zero attached hydrogens (tertiary/aromatic N) is 5. The van der Waals surface area contributed by atoms with E-state index in [1.54, 1.807) is 17.0 Å². The maximum Gasteiger partial charge on any atom is 0.417 e. The zero-order chi connectivity index (χ0) is 25.9. The Labute approximate surface area is 201 Å². The molecule has 0 fully saturated rings. The Balaban J connectivity index is 1.50. The van der Waals surface area contributed by atoms with E-state index >= 15 is 0 Å². The van der Waals surface area contributed by atoms with Gasteiger partial charge in [-0.15, -0.1) is 0 Å². The van der Waals surface area contributed by atoms with E-state index in [-0.39, 0.29) is 12.2 Å². The number of benzene rings is 1. The van der Waals surface area contributed by atoms with Gasteiger partial charge in [0.05, 0.1) is 47.9 Å². The molecule has 2 N–H and O–H groups in total. The molecule has 8 nitrogen and oxygen atoms in total. The summed E-state index contributed by atoms with van der Waals surface area (Å²) in [5.41, 5.74) is 0.753. The van der Waals surface area contributed by atoms with Gasteiger partial charge in [0.15, 0.2) is 0 Å². The molecule has 36 heavy (non-hydrogen) atoms. The molecule has 0 radical (unpaired) electrons. The molecule has 1 aromatic carbocycles. The number of aromatic nitrogens is 3. The number of pyridine rings is 1. The van der Waals surface area contributed by atoms with E-state index in [0.29, 0.717) is 35.9 Å². The first kappa shape index (κ1) is 24.8. The van der Waals surface area contributed by atoms with Crippen LogP contribution in [-0.2, 0) is 19.1 Å². The number of hydrogen-bond donors (Lipinski definition) is 2. The predicted molar refractivity (Wildman–Crippen MR) is 119 cm³/mol. The lowest BCUT2D eigenvalue weighted by Crippen LogP contribution is -2.32. The Morgan fingerprint density at radius 2 is 1.97 bits per heavy atom. The molecular formula is C23H18F5N7O. The molecule has 1 aliphatic heterocycles. The highest BCUT2D eigenvalue weighted by Crippen LogP contribution is 2.36. The fraction of sp³-hybridized carbons (Fsp3) is 0.261. The second-order valence-corrected chi connectivity index (χ2v) is 7.82. The van der Waals surface area contributed by atoms with E-state index in [0.717, 1.165) is 17.7 Å². The van der Waals surface area contributed by atoms with E-state index < -0.39 is 36.2 Å². The zero-order valence-corrected chi connectivity index (χ0v) is 18.5. The number of anilines is 3. The number of carbonyl (C=O) groups excluding carboxylic acids is 1. The van der Waals surface area contributed by atoms with Gasteiger partial charge >= 0.3 is 6.18 Å². The van der Waals surface area contributed by atoms with E-state index in [1.165, 1.54) is 24.7 Å². The fourth-order valence-corrected chi connectivity index (χ4v) is 3.74. The molecule has 1 aliphatic rings. The topological polar surface area (TPSA) is 107 Å². The van der Waals surface area contributed by atoms with Crippen molar-refractivity contribution < 1.29 is 26.7 Å². The van der Waals surface area contributed by atoms with Crippen molar-refractivity contribution in [3.63, 3.8) is 0 Å². The molecule has 0 bridgehead atoms. The van der Waals surface area contributed by atoms with Crippen LogP contribution in [0.2, 0.25) is 0 Å². The van der Waals surface area contributed by atoms with Crippen LogP contribution in [0.5, 0.6) is 0 Å². The Bertz CT molecular complexity index is 1310. The van der Waals surface area contributed by atoms with Crippen molar-refractivity contribution in [2.75, 3.05) is 23.3 Å². The largest absolute Gasteiger partial charge is 0.417 e. The normalized spacial score (nSPS) is 13.2. The van der Waals surface area contributed by atoms with Gasteiger partial charge in [0.2, 0.25) is 0 Å². The summed E-state index contributed by atoms with van der Waals surface area (Å²) in [6.45, 7) is -0.151. The first-order valence-corrected chi connectivity index (χ1v) is 10.6. The van der Waals surface area contributed by atoms with Crippen molar-refractivity contribution >= 4 is 23.1 Å². The molecule has 0 saturated carbocycles. The van der Waals surface area contributed by atoms with Gasteiger partial charge < -0.3 is 15.5 Å². The first-order chi connectivity index (χ1) is 17.2. The molecule has 0 unspecified atom stereocenters. The predicted octanol–water partition coefficient (Wildman–Crippen LogP) is 4.06. The van der Waals surface area contributed by atoms with Gasteiger partial charge in [-0.25, -0.2) is 23.7 Å². The van der Waals surface area contributed by atoms with Gasteiger partial charge in [-0.3, -0.25) is 4.79 Å². The van der Waals surface area contributed by atoms with Gasteiger partial charge in [0.25, 0.3) is 12.3 Å². The summed E-state index contributed by atoms with van der Waals surface area (Å²) in [7, 11) is 0. The summed E-state index contributed by atoms with van der Waals surface area (Å²) < 4.78 is 64.6. The summed E-state index contributed by atoms with van der Waals surface area (Å²) in [5.74, 6) is -0.245. The van der Waals surface area contributed by atoms with E-state index in [1.807, 2.05) is 0 Å². The molecule has 0 atom stereocenters. The molecule has 4 rings (SSSR count). The molecule has 1 amide bonds. The van der Waals surface area contributed by atoms with E-state index in [9.17, 15) is 26.7 Å². The Kier molecular flexibility index (Phi) is 6.96. The van der Waals surface area contributed by atoms with Gasteiger partial charge in [0, 0.05) is 17.8 Å². The van der Waals surface area contributed by atoms with Crippen molar-refractivity contribution in [1.82, 2.24) is 20.3 Å². The number of fused-ring (bicyclic) bond motifs is 1. The number of nitriles is 1. The van der Waals surface area contributed by atoms with E-state index in [4.69, 9.17) is 5.26 Å². The summed E-state index contributed by atoms with van der Waals surface area (Å²) in [6, 6.07) is 8.10. The smallest absolute Gasteiger partial charge is 0.365 e. The van der Waals surface area contributed by atoms with Crippen LogP contribution in [0.4, 0.5) is 39.1 Å². The maximum atomic E-state index is 13.4. The van der Waals surface area contributed by atoms with Crippen molar-refractivity contribution in [1.29, 1.82) is 5.26 Å². The minimum absolute atomic E-state index is 0.0257. The highest BCUT2D eigenvalue weighted by atomic mass is 19.4. The van der Waals surface area contributed by atoms with Crippen molar-refractivity contribution in [2.45, 2.75) is 25.6 Å². The molecular weight excluding hydrogens is 485 g/mol. The van der Waals surface area contributed by atoms with Crippen molar-refractivity contribution in [3.05, 3.63) is 70.9 Å². The van der Waals surface area contributed by atoms with Crippen LogP contribution in [0.3, 0.4) is 0 Å².